The number of hydrogen-bond donors (Lipinski definition) is 1. The lowest BCUT2D eigenvalue weighted by atomic mass is 9.51. The van der Waals surface area contributed by atoms with E-state index in [4.69, 9.17) is 33.2 Å². The first-order valence-corrected chi connectivity index (χ1v) is 12.3. The van der Waals surface area contributed by atoms with Gasteiger partial charge in [-0.1, -0.05) is 12.6 Å². The molecule has 8 atom stereocenters. The van der Waals surface area contributed by atoms with Crippen LogP contribution in [0.25, 0.3) is 0 Å². The van der Waals surface area contributed by atoms with Crippen molar-refractivity contribution in [2.75, 3.05) is 6.61 Å². The number of fused-ring (bicyclic) bond motifs is 3. The largest absolute Gasteiger partial charge is 0.454 e. The SMILES string of the molecule is CCOC(C)OC1C(=O)OC2C3OC4(OC3OC12)C1CC2CC4CC(OC(=O)C(F)(F)S)(C2)C1. The van der Waals surface area contributed by atoms with Gasteiger partial charge in [-0.15, -0.1) is 0 Å². The van der Waals surface area contributed by atoms with Gasteiger partial charge in [-0.25, -0.2) is 9.59 Å². The van der Waals surface area contributed by atoms with Crippen LogP contribution >= 0.6 is 12.6 Å². The molecule has 0 aromatic rings. The molecule has 0 aromatic heterocycles. The van der Waals surface area contributed by atoms with E-state index in [0.717, 1.165) is 12.8 Å². The average Bonchev–Trinajstić information content (AvgIpc) is 3.34. The second-order valence-electron chi connectivity index (χ2n) is 10.3. The summed E-state index contributed by atoms with van der Waals surface area (Å²) in [5.41, 5.74) is -0.965. The standard InChI is InChI=1S/C22H28F2O9S/c1-3-27-9(2)28-15-13-14(29-17(15)25)16-18(30-13)32-21(31-16)11-4-10-5-12(21)8-20(6-10,7-11)33-19(26)22(23,24)34/h9-16,18,34H,3-8H2,1-2H3. The maximum Gasteiger partial charge on any atom is 0.388 e. The van der Waals surface area contributed by atoms with E-state index < -0.39 is 65.6 Å². The van der Waals surface area contributed by atoms with Crippen LogP contribution in [0.15, 0.2) is 0 Å². The van der Waals surface area contributed by atoms with Gasteiger partial charge < -0.3 is 33.2 Å². The molecule has 7 aliphatic rings. The molecule has 190 valence electrons. The molecular weight excluding hydrogens is 478 g/mol. The fraction of sp³-hybridized carbons (Fsp3) is 0.909. The summed E-state index contributed by atoms with van der Waals surface area (Å²) in [5, 5.41) is -3.84. The van der Waals surface area contributed by atoms with E-state index in [1.807, 2.05) is 6.92 Å². The highest BCUT2D eigenvalue weighted by Crippen LogP contribution is 2.65. The molecule has 34 heavy (non-hydrogen) atoms. The van der Waals surface area contributed by atoms with Crippen LogP contribution in [0.5, 0.6) is 0 Å². The minimum absolute atomic E-state index is 0.158. The zero-order chi connectivity index (χ0) is 24.0. The van der Waals surface area contributed by atoms with Crippen LogP contribution in [-0.4, -0.2) is 72.2 Å². The number of rotatable bonds is 6. The molecule has 7 fully saturated rings. The average molecular weight is 507 g/mol. The molecule has 0 radical (unpaired) electrons. The van der Waals surface area contributed by atoms with E-state index in [1.54, 1.807) is 6.92 Å². The normalized spacial score (nSPS) is 49.3. The quantitative estimate of drug-likeness (QED) is 0.330. The van der Waals surface area contributed by atoms with Crippen molar-refractivity contribution in [1.82, 2.24) is 0 Å². The van der Waals surface area contributed by atoms with Gasteiger partial charge in [-0.2, -0.15) is 8.78 Å². The third-order valence-corrected chi connectivity index (χ3v) is 8.36. The molecule has 3 aliphatic heterocycles. The predicted octanol–water partition coefficient (Wildman–Crippen LogP) is 2.16. The Morgan fingerprint density at radius 1 is 1.18 bits per heavy atom. The fourth-order valence-corrected chi connectivity index (χ4v) is 7.29. The summed E-state index contributed by atoms with van der Waals surface area (Å²) in [6.45, 7) is 3.96. The minimum Gasteiger partial charge on any atom is -0.454 e. The van der Waals surface area contributed by atoms with Gasteiger partial charge in [-0.05, 0) is 51.9 Å². The molecule has 3 saturated heterocycles. The Morgan fingerprint density at radius 3 is 2.53 bits per heavy atom. The monoisotopic (exact) mass is 506 g/mol. The highest BCUT2D eigenvalue weighted by molar-refractivity contribution is 7.82. The van der Waals surface area contributed by atoms with Crippen molar-refractivity contribution < 1.29 is 51.5 Å². The number of thiol groups is 1. The summed E-state index contributed by atoms with van der Waals surface area (Å²) < 4.78 is 67.9. The molecule has 12 heteroatoms. The molecule has 8 unspecified atom stereocenters. The van der Waals surface area contributed by atoms with Crippen LogP contribution in [0.2, 0.25) is 0 Å². The van der Waals surface area contributed by atoms with Crippen LogP contribution in [0.3, 0.4) is 0 Å². The number of halogens is 2. The van der Waals surface area contributed by atoms with Crippen molar-refractivity contribution in [1.29, 1.82) is 0 Å². The summed E-state index contributed by atoms with van der Waals surface area (Å²) in [6.07, 6.45) is -1.44. The molecule has 0 N–H and O–H groups in total. The Kier molecular flexibility index (Phi) is 5.31. The van der Waals surface area contributed by atoms with Crippen LogP contribution in [-0.2, 0) is 42.7 Å². The third-order valence-electron chi connectivity index (χ3n) is 8.18. The molecule has 0 aromatic carbocycles. The number of carbonyl (C=O) groups excluding carboxylic acids is 2. The number of alkyl halides is 2. The topological polar surface area (TPSA) is 98.8 Å². The summed E-state index contributed by atoms with van der Waals surface area (Å²) in [4.78, 5) is 24.4. The van der Waals surface area contributed by atoms with Gasteiger partial charge in [0.1, 0.15) is 11.7 Å². The smallest absolute Gasteiger partial charge is 0.388 e. The summed E-state index contributed by atoms with van der Waals surface area (Å²) in [7, 11) is 0. The number of esters is 2. The van der Waals surface area contributed by atoms with Gasteiger partial charge in [0.15, 0.2) is 36.7 Å². The summed E-state index contributed by atoms with van der Waals surface area (Å²) in [5.74, 6) is -3.22. The van der Waals surface area contributed by atoms with E-state index in [0.29, 0.717) is 25.9 Å². The minimum atomic E-state index is -3.84. The van der Waals surface area contributed by atoms with Gasteiger partial charge in [0, 0.05) is 18.4 Å². The maximum absolute atomic E-state index is 13.4. The van der Waals surface area contributed by atoms with Crippen molar-refractivity contribution in [2.45, 2.75) is 99.6 Å². The van der Waals surface area contributed by atoms with E-state index in [2.05, 4.69) is 12.6 Å². The van der Waals surface area contributed by atoms with Gasteiger partial charge >= 0.3 is 17.2 Å². The van der Waals surface area contributed by atoms with Crippen molar-refractivity contribution in [2.24, 2.45) is 17.8 Å². The molecule has 0 amide bonds. The third kappa shape index (κ3) is 3.43. The lowest BCUT2D eigenvalue weighted by Gasteiger charge is -2.62. The molecule has 4 aliphatic carbocycles. The molecule has 7 rings (SSSR count). The van der Waals surface area contributed by atoms with Crippen LogP contribution < -0.4 is 0 Å². The van der Waals surface area contributed by atoms with E-state index in [9.17, 15) is 18.4 Å². The van der Waals surface area contributed by atoms with E-state index in [1.165, 1.54) is 0 Å². The van der Waals surface area contributed by atoms with Crippen molar-refractivity contribution in [3.05, 3.63) is 0 Å². The lowest BCUT2D eigenvalue weighted by molar-refractivity contribution is -0.344. The zero-order valence-corrected chi connectivity index (χ0v) is 19.7. The first-order valence-electron chi connectivity index (χ1n) is 11.9. The van der Waals surface area contributed by atoms with Crippen molar-refractivity contribution in [3.8, 4) is 0 Å². The number of carbonyl (C=O) groups is 2. The number of hydrogen-bond acceptors (Lipinski definition) is 10. The molecular formula is C22H28F2O9S. The maximum atomic E-state index is 13.4. The lowest BCUT2D eigenvalue weighted by Crippen LogP contribution is -2.66. The van der Waals surface area contributed by atoms with Gasteiger partial charge in [0.2, 0.25) is 0 Å². The summed E-state index contributed by atoms with van der Waals surface area (Å²) in [6, 6.07) is 0. The fourth-order valence-electron chi connectivity index (χ4n) is 7.24. The molecule has 3 heterocycles. The molecule has 9 nitrogen and oxygen atoms in total. The number of ether oxygens (including phenoxy) is 7. The first kappa shape index (κ1) is 23.4. The molecule has 1 spiro atoms. The van der Waals surface area contributed by atoms with E-state index >= 15 is 0 Å². The molecule has 4 saturated carbocycles. The Hall–Kier alpha value is -1.05. The Bertz CT molecular complexity index is 865. The Morgan fingerprint density at radius 2 is 1.88 bits per heavy atom. The van der Waals surface area contributed by atoms with Gasteiger partial charge in [0.25, 0.3) is 0 Å². The highest BCUT2D eigenvalue weighted by atomic mass is 32.1. The second-order valence-corrected chi connectivity index (χ2v) is 10.9. The summed E-state index contributed by atoms with van der Waals surface area (Å²) >= 11 is 3.07. The molecule has 4 bridgehead atoms. The Labute approximate surface area is 200 Å². The van der Waals surface area contributed by atoms with Crippen molar-refractivity contribution in [3.63, 3.8) is 0 Å². The first-order chi connectivity index (χ1) is 16.0. The van der Waals surface area contributed by atoms with Crippen LogP contribution in [0.1, 0.15) is 46.0 Å². The van der Waals surface area contributed by atoms with Crippen molar-refractivity contribution >= 4 is 24.6 Å². The predicted molar refractivity (Wildman–Crippen MR) is 110 cm³/mol. The Balaban J connectivity index is 1.18. The second kappa shape index (κ2) is 7.72. The van der Waals surface area contributed by atoms with Gasteiger partial charge in [-0.3, -0.25) is 0 Å². The highest BCUT2D eigenvalue weighted by Gasteiger charge is 2.73. The van der Waals surface area contributed by atoms with Crippen LogP contribution in [0, 0.1) is 17.8 Å². The van der Waals surface area contributed by atoms with Gasteiger partial charge in [0.05, 0.1) is 0 Å². The van der Waals surface area contributed by atoms with E-state index in [-0.39, 0.29) is 17.8 Å². The zero-order valence-electron chi connectivity index (χ0n) is 18.8. The van der Waals surface area contributed by atoms with Crippen LogP contribution in [0.4, 0.5) is 8.78 Å².